The Balaban J connectivity index is 1.66. The summed E-state index contributed by atoms with van der Waals surface area (Å²) in [5, 5.41) is 1.76. The van der Waals surface area contributed by atoms with Gasteiger partial charge in [-0.2, -0.15) is 0 Å². The van der Waals surface area contributed by atoms with E-state index in [4.69, 9.17) is 16.3 Å². The van der Waals surface area contributed by atoms with Crippen LogP contribution in [0.5, 0.6) is 0 Å². The number of pyridine rings is 1. The molecule has 3 rings (SSSR count). The molecule has 0 atom stereocenters. The highest BCUT2D eigenvalue weighted by molar-refractivity contribution is 6.29. The molecule has 0 saturated carbocycles. The summed E-state index contributed by atoms with van der Waals surface area (Å²) in [5.74, 6) is 0. The maximum atomic E-state index is 6.01. The Morgan fingerprint density at radius 2 is 2.05 bits per heavy atom. The Hall–Kier alpha value is -1.10. The lowest BCUT2D eigenvalue weighted by Gasteiger charge is -2.26. The summed E-state index contributed by atoms with van der Waals surface area (Å²) in [6, 6.07) is 3.91. The minimum atomic E-state index is 0.560. The van der Waals surface area contributed by atoms with Gasteiger partial charge in [0.2, 0.25) is 0 Å². The monoisotopic (exact) mass is 293 g/mol. The second-order valence-electron chi connectivity index (χ2n) is 5.32. The smallest absolute Gasteiger partial charge is 0.141 e. The van der Waals surface area contributed by atoms with Crippen LogP contribution in [-0.2, 0) is 11.3 Å². The third kappa shape index (κ3) is 2.97. The highest BCUT2D eigenvalue weighted by atomic mass is 35.5. The van der Waals surface area contributed by atoms with E-state index in [2.05, 4.69) is 33.6 Å². The maximum absolute atomic E-state index is 6.01. The lowest BCUT2D eigenvalue weighted by Crippen LogP contribution is -2.37. The molecule has 0 amide bonds. The van der Waals surface area contributed by atoms with Gasteiger partial charge in [-0.15, -0.1) is 0 Å². The van der Waals surface area contributed by atoms with Crippen molar-refractivity contribution >= 4 is 22.6 Å². The van der Waals surface area contributed by atoms with Gasteiger partial charge in [-0.1, -0.05) is 11.6 Å². The molecule has 3 heterocycles. The van der Waals surface area contributed by atoms with Crippen LogP contribution in [0.15, 0.2) is 18.3 Å². The standard InChI is InChI=1S/C15H20ClN3O/c1-12-11-19(15-13(12)3-4-14(16)17-15)6-2-5-18-7-9-20-10-8-18/h3-4,11H,2,5-10H2,1H3. The molecule has 1 fully saturated rings. The molecule has 0 radical (unpaired) electrons. The number of aromatic nitrogens is 2. The molecule has 0 aromatic carbocycles. The topological polar surface area (TPSA) is 30.3 Å². The minimum absolute atomic E-state index is 0.560. The predicted molar refractivity (Wildman–Crippen MR) is 81.4 cm³/mol. The highest BCUT2D eigenvalue weighted by Crippen LogP contribution is 2.21. The van der Waals surface area contributed by atoms with E-state index >= 15 is 0 Å². The molecule has 1 saturated heterocycles. The molecule has 0 bridgehead atoms. The van der Waals surface area contributed by atoms with E-state index in [1.54, 1.807) is 0 Å². The fraction of sp³-hybridized carbons (Fsp3) is 0.533. The van der Waals surface area contributed by atoms with Crippen molar-refractivity contribution in [3.8, 4) is 0 Å². The molecule has 1 aliphatic heterocycles. The number of halogens is 1. The van der Waals surface area contributed by atoms with Gasteiger partial charge in [0.25, 0.3) is 0 Å². The van der Waals surface area contributed by atoms with Gasteiger partial charge in [-0.3, -0.25) is 4.90 Å². The first-order valence-electron chi connectivity index (χ1n) is 7.16. The summed E-state index contributed by atoms with van der Waals surface area (Å²) in [6.45, 7) is 8.05. The Bertz CT molecular complexity index is 590. The molecule has 108 valence electrons. The molecule has 4 nitrogen and oxygen atoms in total. The van der Waals surface area contributed by atoms with E-state index in [1.807, 2.05) is 6.07 Å². The van der Waals surface area contributed by atoms with Crippen molar-refractivity contribution in [2.75, 3.05) is 32.8 Å². The van der Waals surface area contributed by atoms with Gasteiger partial charge in [0.15, 0.2) is 0 Å². The lowest BCUT2D eigenvalue weighted by molar-refractivity contribution is 0.0369. The summed E-state index contributed by atoms with van der Waals surface area (Å²) < 4.78 is 7.59. The van der Waals surface area contributed by atoms with Crippen LogP contribution in [-0.4, -0.2) is 47.3 Å². The molecule has 2 aromatic heterocycles. The van der Waals surface area contributed by atoms with Crippen LogP contribution in [0.25, 0.3) is 11.0 Å². The molecular weight excluding hydrogens is 274 g/mol. The van der Waals surface area contributed by atoms with Gasteiger partial charge in [0.05, 0.1) is 13.2 Å². The van der Waals surface area contributed by atoms with Crippen LogP contribution in [0.1, 0.15) is 12.0 Å². The Morgan fingerprint density at radius 1 is 1.25 bits per heavy atom. The van der Waals surface area contributed by atoms with Gasteiger partial charge in [0.1, 0.15) is 10.8 Å². The SMILES string of the molecule is Cc1cn(CCCN2CCOCC2)c2nc(Cl)ccc12. The summed E-state index contributed by atoms with van der Waals surface area (Å²) >= 11 is 6.01. The Kier molecular flexibility index (Phi) is 4.24. The zero-order valence-corrected chi connectivity index (χ0v) is 12.6. The number of rotatable bonds is 4. The molecule has 1 aliphatic rings. The molecule has 0 spiro atoms. The molecule has 5 heteroatoms. The second-order valence-corrected chi connectivity index (χ2v) is 5.71. The minimum Gasteiger partial charge on any atom is -0.379 e. The lowest BCUT2D eigenvalue weighted by atomic mass is 10.2. The maximum Gasteiger partial charge on any atom is 0.141 e. The molecule has 0 aliphatic carbocycles. The number of nitrogens with zero attached hydrogens (tertiary/aromatic N) is 3. The van der Waals surface area contributed by atoms with E-state index in [-0.39, 0.29) is 0 Å². The van der Waals surface area contributed by atoms with Crippen molar-refractivity contribution in [3.63, 3.8) is 0 Å². The second kappa shape index (κ2) is 6.12. The van der Waals surface area contributed by atoms with Gasteiger partial charge in [-0.05, 0) is 31.0 Å². The summed E-state index contributed by atoms with van der Waals surface area (Å²) in [5.41, 5.74) is 2.26. The summed E-state index contributed by atoms with van der Waals surface area (Å²) in [6.07, 6.45) is 3.30. The van der Waals surface area contributed by atoms with Crippen LogP contribution < -0.4 is 0 Å². The van der Waals surface area contributed by atoms with E-state index in [0.29, 0.717) is 5.15 Å². The van der Waals surface area contributed by atoms with Gasteiger partial charge in [-0.25, -0.2) is 4.98 Å². The molecule has 20 heavy (non-hydrogen) atoms. The van der Waals surface area contributed by atoms with E-state index in [9.17, 15) is 0 Å². The van der Waals surface area contributed by atoms with Crippen LogP contribution in [0.2, 0.25) is 5.15 Å². The molecule has 0 N–H and O–H groups in total. The zero-order chi connectivity index (χ0) is 13.9. The molecular formula is C15H20ClN3O. The van der Waals surface area contributed by atoms with Crippen LogP contribution in [0.4, 0.5) is 0 Å². The number of aryl methyl sites for hydroxylation is 2. The van der Waals surface area contributed by atoms with E-state index in [1.165, 1.54) is 10.9 Å². The Morgan fingerprint density at radius 3 is 2.85 bits per heavy atom. The van der Waals surface area contributed by atoms with Crippen molar-refractivity contribution in [1.29, 1.82) is 0 Å². The number of ether oxygens (including phenoxy) is 1. The van der Waals surface area contributed by atoms with Gasteiger partial charge in [0, 0.05) is 37.8 Å². The van der Waals surface area contributed by atoms with Crippen molar-refractivity contribution in [2.45, 2.75) is 19.9 Å². The van der Waals surface area contributed by atoms with Crippen LogP contribution in [0, 0.1) is 6.92 Å². The number of fused-ring (bicyclic) bond motifs is 1. The first kappa shape index (κ1) is 13.9. The van der Waals surface area contributed by atoms with Crippen molar-refractivity contribution in [3.05, 3.63) is 29.0 Å². The number of morpholine rings is 1. The van der Waals surface area contributed by atoms with Gasteiger partial charge >= 0.3 is 0 Å². The highest BCUT2D eigenvalue weighted by Gasteiger charge is 2.11. The number of hydrogen-bond donors (Lipinski definition) is 0. The Labute approximate surface area is 124 Å². The molecule has 2 aromatic rings. The third-order valence-electron chi connectivity index (χ3n) is 3.86. The van der Waals surface area contributed by atoms with Crippen molar-refractivity contribution in [2.24, 2.45) is 0 Å². The number of hydrogen-bond acceptors (Lipinski definition) is 3. The average molecular weight is 294 g/mol. The van der Waals surface area contributed by atoms with Crippen molar-refractivity contribution in [1.82, 2.24) is 14.5 Å². The fourth-order valence-electron chi connectivity index (χ4n) is 2.78. The third-order valence-corrected chi connectivity index (χ3v) is 4.08. The first-order chi connectivity index (χ1) is 9.74. The van der Waals surface area contributed by atoms with Crippen LogP contribution >= 0.6 is 11.6 Å². The van der Waals surface area contributed by atoms with Crippen molar-refractivity contribution < 1.29 is 4.74 Å². The first-order valence-corrected chi connectivity index (χ1v) is 7.54. The average Bonchev–Trinajstić information content (AvgIpc) is 2.76. The zero-order valence-electron chi connectivity index (χ0n) is 11.8. The predicted octanol–water partition coefficient (Wildman–Crippen LogP) is 2.72. The summed E-state index contributed by atoms with van der Waals surface area (Å²) in [4.78, 5) is 6.92. The normalized spacial score (nSPS) is 16.9. The van der Waals surface area contributed by atoms with Crippen LogP contribution in [0.3, 0.4) is 0 Å². The van der Waals surface area contributed by atoms with E-state index in [0.717, 1.165) is 51.5 Å². The van der Waals surface area contributed by atoms with E-state index < -0.39 is 0 Å². The van der Waals surface area contributed by atoms with Gasteiger partial charge < -0.3 is 9.30 Å². The molecule has 0 unspecified atom stereocenters. The summed E-state index contributed by atoms with van der Waals surface area (Å²) in [7, 11) is 0. The largest absolute Gasteiger partial charge is 0.379 e. The fourth-order valence-corrected chi connectivity index (χ4v) is 2.92. The quantitative estimate of drug-likeness (QED) is 0.812.